The number of hydrogen-bond donors (Lipinski definition) is 0. The molecule has 0 amide bonds. The Hall–Kier alpha value is -7.13. The summed E-state index contributed by atoms with van der Waals surface area (Å²) >= 11 is 1.72. The fourth-order valence-electron chi connectivity index (χ4n) is 9.13. The third kappa shape index (κ3) is 3.74. The van der Waals surface area contributed by atoms with Crippen molar-refractivity contribution in [1.82, 2.24) is 13.7 Å². The number of rotatable bonds is 3. The molecule has 0 unspecified atom stereocenters. The van der Waals surface area contributed by atoms with E-state index in [2.05, 4.69) is 188 Å². The zero-order valence-corrected chi connectivity index (χ0v) is 29.7. The van der Waals surface area contributed by atoms with Crippen LogP contribution in [0.1, 0.15) is 0 Å². The van der Waals surface area contributed by atoms with Crippen molar-refractivity contribution in [2.75, 3.05) is 0 Å². The molecule has 250 valence electrons. The van der Waals surface area contributed by atoms with Crippen molar-refractivity contribution in [3.63, 3.8) is 0 Å². The number of aromatic nitrogens is 3. The average Bonchev–Trinajstić information content (AvgIpc) is 3.97. The molecular formula is C49H28N4S. The van der Waals surface area contributed by atoms with Gasteiger partial charge >= 0.3 is 0 Å². The van der Waals surface area contributed by atoms with Crippen LogP contribution in [0, 0.1) is 6.57 Å². The summed E-state index contributed by atoms with van der Waals surface area (Å²) in [6.45, 7) is 9.12. The zero-order chi connectivity index (χ0) is 35.5. The molecule has 8 aromatic carbocycles. The molecule has 0 atom stereocenters. The third-order valence-electron chi connectivity index (χ3n) is 11.2. The summed E-state index contributed by atoms with van der Waals surface area (Å²) in [6.07, 6.45) is 0. The first-order valence-electron chi connectivity index (χ1n) is 18.2. The van der Waals surface area contributed by atoms with Crippen molar-refractivity contribution in [2.24, 2.45) is 0 Å². The minimum absolute atomic E-state index is 0.652. The molecule has 0 N–H and O–H groups in total. The highest BCUT2D eigenvalue weighted by molar-refractivity contribution is 7.26. The lowest BCUT2D eigenvalue weighted by Gasteiger charge is -2.25. The first-order chi connectivity index (χ1) is 26.8. The van der Waals surface area contributed by atoms with Crippen LogP contribution in [-0.2, 0) is 0 Å². The van der Waals surface area contributed by atoms with Crippen molar-refractivity contribution in [3.8, 4) is 17.1 Å². The van der Waals surface area contributed by atoms with Gasteiger partial charge in [0.15, 0.2) is 0 Å². The van der Waals surface area contributed by atoms with Gasteiger partial charge in [-0.1, -0.05) is 127 Å². The van der Waals surface area contributed by atoms with Crippen molar-refractivity contribution >= 4 is 103 Å². The summed E-state index contributed by atoms with van der Waals surface area (Å²) in [5.74, 6) is 0. The van der Waals surface area contributed by atoms with E-state index in [0.717, 1.165) is 81.1 Å². The maximum Gasteiger partial charge on any atom is 0.230 e. The normalized spacial score (nSPS) is 12.1. The molecule has 4 aromatic heterocycles. The fourth-order valence-corrected chi connectivity index (χ4v) is 10.3. The lowest BCUT2D eigenvalue weighted by Crippen LogP contribution is -2.10. The highest BCUT2D eigenvalue weighted by Crippen LogP contribution is 2.53. The van der Waals surface area contributed by atoms with E-state index in [9.17, 15) is 0 Å². The Morgan fingerprint density at radius 2 is 0.667 bits per heavy atom. The Balaban J connectivity index is 1.46. The zero-order valence-electron chi connectivity index (χ0n) is 28.9. The Morgan fingerprint density at radius 1 is 0.352 bits per heavy atom. The van der Waals surface area contributed by atoms with Gasteiger partial charge in [0.1, 0.15) is 0 Å². The van der Waals surface area contributed by atoms with E-state index in [-0.39, 0.29) is 0 Å². The molecule has 0 aliphatic rings. The highest BCUT2D eigenvalue weighted by atomic mass is 32.1. The number of benzene rings is 8. The van der Waals surface area contributed by atoms with Crippen LogP contribution in [0.15, 0.2) is 170 Å². The van der Waals surface area contributed by atoms with Crippen LogP contribution in [-0.4, -0.2) is 13.7 Å². The van der Waals surface area contributed by atoms with E-state index in [1.165, 1.54) is 21.5 Å². The number of thiophene rings is 1. The van der Waals surface area contributed by atoms with E-state index in [4.69, 9.17) is 6.57 Å². The molecule has 0 bridgehead atoms. The summed E-state index contributed by atoms with van der Waals surface area (Å²) in [7, 11) is 0. The molecule has 4 nitrogen and oxygen atoms in total. The SMILES string of the molecule is [C-]#[N+]c1c(-n2c3ccccc3c3ccccc32)c(-n2c3ccccc3c3ccccc32)c(-n2c3ccccc3c3ccccc32)c2c1sc1ccccc12. The summed E-state index contributed by atoms with van der Waals surface area (Å²) < 4.78 is 9.45. The first-order valence-corrected chi connectivity index (χ1v) is 19.0. The molecule has 0 saturated heterocycles. The van der Waals surface area contributed by atoms with Gasteiger partial charge < -0.3 is 13.7 Å². The molecular weight excluding hydrogens is 677 g/mol. The van der Waals surface area contributed by atoms with Crippen molar-refractivity contribution in [1.29, 1.82) is 0 Å². The number of hydrogen-bond acceptors (Lipinski definition) is 1. The van der Waals surface area contributed by atoms with E-state index in [0.29, 0.717) is 5.69 Å². The standard InChI is InChI=1S/C49H28N4S/c1-50-45-47(52-39-25-11-4-18-32(39)33-19-5-12-26-40(33)52)48(53-41-27-13-6-20-34(41)35-21-7-14-28-42(35)53)46(44-36-22-8-15-29-43(36)54-49(44)45)51-37-23-9-2-16-30(37)31-17-3-10-24-38(31)51/h2-29H. The lowest BCUT2D eigenvalue weighted by molar-refractivity contribution is 1.07. The highest BCUT2D eigenvalue weighted by Gasteiger charge is 2.31. The second-order valence-electron chi connectivity index (χ2n) is 13.9. The minimum Gasteiger partial charge on any atom is -0.317 e. The Bertz CT molecular complexity index is 3420. The van der Waals surface area contributed by atoms with E-state index >= 15 is 0 Å². The van der Waals surface area contributed by atoms with Crippen LogP contribution in [0.3, 0.4) is 0 Å². The van der Waals surface area contributed by atoms with Crippen LogP contribution in [0.2, 0.25) is 0 Å². The van der Waals surface area contributed by atoms with Gasteiger partial charge in [-0.2, -0.15) is 0 Å². The van der Waals surface area contributed by atoms with Gasteiger partial charge in [0.2, 0.25) is 5.69 Å². The summed E-state index contributed by atoms with van der Waals surface area (Å²) in [4.78, 5) is 4.56. The maximum atomic E-state index is 9.12. The van der Waals surface area contributed by atoms with Gasteiger partial charge in [-0.3, -0.25) is 0 Å². The van der Waals surface area contributed by atoms with Crippen LogP contribution < -0.4 is 0 Å². The minimum atomic E-state index is 0.652. The first kappa shape index (κ1) is 29.4. The molecule has 0 fully saturated rings. The summed E-state index contributed by atoms with van der Waals surface area (Å²) in [5, 5.41) is 9.30. The molecule has 12 rings (SSSR count). The second kappa shape index (κ2) is 10.9. The fraction of sp³-hybridized carbons (Fsp3) is 0. The molecule has 0 saturated carbocycles. The van der Waals surface area contributed by atoms with Gasteiger partial charge in [-0.15, -0.1) is 11.3 Å². The van der Waals surface area contributed by atoms with Crippen molar-refractivity contribution in [3.05, 3.63) is 181 Å². The summed E-state index contributed by atoms with van der Waals surface area (Å²) in [5.41, 5.74) is 10.2. The van der Waals surface area contributed by atoms with Crippen LogP contribution >= 0.6 is 11.3 Å². The number of nitrogens with zero attached hydrogens (tertiary/aromatic N) is 4. The van der Waals surface area contributed by atoms with E-state index in [1.54, 1.807) is 11.3 Å². The maximum absolute atomic E-state index is 9.12. The second-order valence-corrected chi connectivity index (χ2v) is 15.0. The smallest absolute Gasteiger partial charge is 0.230 e. The van der Waals surface area contributed by atoms with Crippen molar-refractivity contribution < 1.29 is 0 Å². The molecule has 0 radical (unpaired) electrons. The average molecular weight is 705 g/mol. The number of para-hydroxylation sites is 6. The van der Waals surface area contributed by atoms with Crippen LogP contribution in [0.5, 0.6) is 0 Å². The Morgan fingerprint density at radius 3 is 1.06 bits per heavy atom. The topological polar surface area (TPSA) is 19.1 Å². The van der Waals surface area contributed by atoms with Crippen LogP contribution in [0.25, 0.3) is 107 Å². The predicted octanol–water partition coefficient (Wildman–Crippen LogP) is 13.9. The molecule has 5 heteroatoms. The van der Waals surface area contributed by atoms with Crippen LogP contribution in [0.4, 0.5) is 5.69 Å². The van der Waals surface area contributed by atoms with Crippen molar-refractivity contribution in [2.45, 2.75) is 0 Å². The van der Waals surface area contributed by atoms with E-state index in [1.807, 2.05) is 0 Å². The molecule has 12 aromatic rings. The number of fused-ring (bicyclic) bond motifs is 12. The Labute approximate surface area is 313 Å². The lowest BCUT2D eigenvalue weighted by atomic mass is 10.0. The molecule has 4 heterocycles. The molecule has 54 heavy (non-hydrogen) atoms. The molecule has 0 spiro atoms. The van der Waals surface area contributed by atoms with Gasteiger partial charge in [-0.05, 0) is 42.5 Å². The molecule has 0 aliphatic heterocycles. The summed E-state index contributed by atoms with van der Waals surface area (Å²) in [6, 6.07) is 60.9. The van der Waals surface area contributed by atoms with E-state index < -0.39 is 0 Å². The Kier molecular flexibility index (Phi) is 5.97. The van der Waals surface area contributed by atoms with Gasteiger partial charge in [0.25, 0.3) is 0 Å². The largest absolute Gasteiger partial charge is 0.317 e. The van der Waals surface area contributed by atoms with Gasteiger partial charge in [-0.25, -0.2) is 4.85 Å². The predicted molar refractivity (Wildman–Crippen MR) is 229 cm³/mol. The van der Waals surface area contributed by atoms with Gasteiger partial charge in [0, 0.05) is 52.5 Å². The third-order valence-corrected chi connectivity index (χ3v) is 12.4. The monoisotopic (exact) mass is 704 g/mol. The van der Waals surface area contributed by atoms with Gasteiger partial charge in [0.05, 0.1) is 56.7 Å². The molecule has 0 aliphatic carbocycles. The quantitative estimate of drug-likeness (QED) is 0.163.